The number of hydrogen-bond acceptors (Lipinski definition) is 2. The molecule has 4 heteroatoms. The van der Waals surface area contributed by atoms with Crippen LogP contribution in [0.15, 0.2) is 0 Å². The summed E-state index contributed by atoms with van der Waals surface area (Å²) in [5.41, 5.74) is -0.0501. The van der Waals surface area contributed by atoms with Gasteiger partial charge in [-0.05, 0) is 27.8 Å². The van der Waals surface area contributed by atoms with Crippen molar-refractivity contribution in [2.75, 3.05) is 33.2 Å². The van der Waals surface area contributed by atoms with Crippen molar-refractivity contribution < 1.29 is 4.79 Å². The molecular formula is C10H21N3O. The molecule has 1 saturated heterocycles. The molecule has 1 rings (SSSR count). The second-order valence-electron chi connectivity index (χ2n) is 4.70. The van der Waals surface area contributed by atoms with Crippen LogP contribution in [0.5, 0.6) is 0 Å². The van der Waals surface area contributed by atoms with Gasteiger partial charge in [0.15, 0.2) is 0 Å². The zero-order valence-corrected chi connectivity index (χ0v) is 9.63. The largest absolute Gasteiger partial charge is 0.322 e. The lowest BCUT2D eigenvalue weighted by Crippen LogP contribution is -2.45. The maximum absolute atomic E-state index is 11.9. The van der Waals surface area contributed by atoms with E-state index >= 15 is 0 Å². The van der Waals surface area contributed by atoms with Crippen LogP contribution in [0.3, 0.4) is 0 Å². The lowest BCUT2D eigenvalue weighted by atomic mass is 10.1. The summed E-state index contributed by atoms with van der Waals surface area (Å²) in [6.07, 6.45) is 0. The number of urea groups is 1. The van der Waals surface area contributed by atoms with Crippen LogP contribution in [0.25, 0.3) is 0 Å². The number of likely N-dealkylation sites (N-methyl/N-ethyl adjacent to an activating group) is 1. The Morgan fingerprint density at radius 2 is 2.00 bits per heavy atom. The molecule has 1 heterocycles. The Bertz CT molecular complexity index is 210. The number of amides is 2. The molecule has 1 aliphatic rings. The first kappa shape index (κ1) is 11.3. The Labute approximate surface area is 86.2 Å². The number of carbonyl (C=O) groups is 1. The van der Waals surface area contributed by atoms with Gasteiger partial charge in [0.1, 0.15) is 0 Å². The van der Waals surface area contributed by atoms with Gasteiger partial charge in [0, 0.05) is 31.7 Å². The Morgan fingerprint density at radius 3 is 2.43 bits per heavy atom. The summed E-state index contributed by atoms with van der Waals surface area (Å²) in [4.78, 5) is 15.7. The molecule has 1 aliphatic heterocycles. The molecule has 0 aliphatic carbocycles. The van der Waals surface area contributed by atoms with E-state index in [0.717, 1.165) is 26.2 Å². The van der Waals surface area contributed by atoms with E-state index in [1.807, 2.05) is 16.8 Å². The van der Waals surface area contributed by atoms with Gasteiger partial charge in [0.2, 0.25) is 0 Å². The second-order valence-corrected chi connectivity index (χ2v) is 4.70. The van der Waals surface area contributed by atoms with E-state index in [1.54, 1.807) is 0 Å². The zero-order chi connectivity index (χ0) is 10.8. The smallest absolute Gasteiger partial charge is 0.320 e. The third kappa shape index (κ3) is 2.38. The van der Waals surface area contributed by atoms with Crippen LogP contribution >= 0.6 is 0 Å². The van der Waals surface area contributed by atoms with E-state index in [1.165, 1.54) is 0 Å². The van der Waals surface area contributed by atoms with Crippen LogP contribution in [0, 0.1) is 0 Å². The number of hydrogen-bond donors (Lipinski definition) is 1. The van der Waals surface area contributed by atoms with Gasteiger partial charge in [-0.3, -0.25) is 0 Å². The molecule has 0 bridgehead atoms. The minimum Gasteiger partial charge on any atom is -0.322 e. The summed E-state index contributed by atoms with van der Waals surface area (Å²) in [7, 11) is 1.90. The molecule has 4 nitrogen and oxygen atoms in total. The lowest BCUT2D eigenvalue weighted by Gasteiger charge is -2.31. The van der Waals surface area contributed by atoms with Gasteiger partial charge < -0.3 is 15.1 Å². The Kier molecular flexibility index (Phi) is 3.37. The summed E-state index contributed by atoms with van der Waals surface area (Å²) >= 11 is 0. The summed E-state index contributed by atoms with van der Waals surface area (Å²) in [5, 5.41) is 3.06. The molecule has 82 valence electrons. The topological polar surface area (TPSA) is 35.6 Å². The van der Waals surface area contributed by atoms with E-state index in [4.69, 9.17) is 0 Å². The molecule has 0 spiro atoms. The number of nitrogens with zero attached hydrogens (tertiary/aromatic N) is 2. The van der Waals surface area contributed by atoms with Crippen LogP contribution in [0.4, 0.5) is 4.79 Å². The molecule has 2 amide bonds. The van der Waals surface area contributed by atoms with E-state index in [-0.39, 0.29) is 11.6 Å². The van der Waals surface area contributed by atoms with Gasteiger partial charge in [0.05, 0.1) is 0 Å². The molecular weight excluding hydrogens is 178 g/mol. The summed E-state index contributed by atoms with van der Waals surface area (Å²) in [6, 6.07) is 0.174. The third-order valence-electron chi connectivity index (χ3n) is 2.54. The summed E-state index contributed by atoms with van der Waals surface area (Å²) < 4.78 is 0. The van der Waals surface area contributed by atoms with Crippen LogP contribution in [-0.2, 0) is 0 Å². The van der Waals surface area contributed by atoms with Gasteiger partial charge in [-0.15, -0.1) is 0 Å². The van der Waals surface area contributed by atoms with E-state index in [0.29, 0.717) is 0 Å². The second kappa shape index (κ2) is 4.17. The fourth-order valence-corrected chi connectivity index (χ4v) is 1.66. The molecule has 14 heavy (non-hydrogen) atoms. The van der Waals surface area contributed by atoms with Gasteiger partial charge in [0.25, 0.3) is 0 Å². The van der Waals surface area contributed by atoms with E-state index < -0.39 is 0 Å². The molecule has 0 unspecified atom stereocenters. The van der Waals surface area contributed by atoms with Crippen molar-refractivity contribution >= 4 is 6.03 Å². The van der Waals surface area contributed by atoms with Crippen LogP contribution < -0.4 is 5.32 Å². The van der Waals surface area contributed by atoms with Gasteiger partial charge in [-0.2, -0.15) is 0 Å². The third-order valence-corrected chi connectivity index (χ3v) is 2.54. The quantitative estimate of drug-likeness (QED) is 0.727. The first-order valence-electron chi connectivity index (χ1n) is 5.18. The SMILES string of the molecule is CNCCN1CCN(C(C)(C)C)C1=O. The maximum Gasteiger partial charge on any atom is 0.320 e. The molecule has 0 saturated carbocycles. The summed E-state index contributed by atoms with van der Waals surface area (Å²) in [6.45, 7) is 9.61. The average molecular weight is 199 g/mol. The summed E-state index contributed by atoms with van der Waals surface area (Å²) in [5.74, 6) is 0. The van der Waals surface area contributed by atoms with Crippen molar-refractivity contribution in [3.8, 4) is 0 Å². The van der Waals surface area contributed by atoms with Crippen LogP contribution in [0.1, 0.15) is 20.8 Å². The van der Waals surface area contributed by atoms with E-state index in [2.05, 4.69) is 26.1 Å². The molecule has 1 N–H and O–H groups in total. The number of carbonyl (C=O) groups excluding carboxylic acids is 1. The highest BCUT2D eigenvalue weighted by molar-refractivity contribution is 5.77. The van der Waals surface area contributed by atoms with Crippen molar-refractivity contribution in [3.63, 3.8) is 0 Å². The van der Waals surface area contributed by atoms with E-state index in [9.17, 15) is 4.79 Å². The van der Waals surface area contributed by atoms with Crippen LogP contribution in [-0.4, -0.2) is 54.6 Å². The molecule has 0 aromatic heterocycles. The van der Waals surface area contributed by atoms with Gasteiger partial charge >= 0.3 is 6.03 Å². The maximum atomic E-state index is 11.9. The first-order chi connectivity index (χ1) is 6.46. The monoisotopic (exact) mass is 199 g/mol. The van der Waals surface area contributed by atoms with Gasteiger partial charge in [-0.1, -0.05) is 0 Å². The fourth-order valence-electron chi connectivity index (χ4n) is 1.66. The number of nitrogens with one attached hydrogen (secondary N) is 1. The minimum absolute atomic E-state index is 0.0501. The predicted molar refractivity (Wildman–Crippen MR) is 57.4 cm³/mol. The molecule has 0 aromatic rings. The standard InChI is InChI=1S/C10H21N3O/c1-10(2,3)13-8-7-12(9(13)14)6-5-11-4/h11H,5-8H2,1-4H3. The van der Waals surface area contributed by atoms with Crippen molar-refractivity contribution in [1.29, 1.82) is 0 Å². The van der Waals surface area contributed by atoms with Crippen molar-refractivity contribution in [1.82, 2.24) is 15.1 Å². The highest BCUT2D eigenvalue weighted by Crippen LogP contribution is 2.19. The van der Waals surface area contributed by atoms with Crippen molar-refractivity contribution in [2.45, 2.75) is 26.3 Å². The minimum atomic E-state index is -0.0501. The highest BCUT2D eigenvalue weighted by Gasteiger charge is 2.34. The molecule has 0 aromatic carbocycles. The Balaban J connectivity index is 2.52. The van der Waals surface area contributed by atoms with Gasteiger partial charge in [-0.25, -0.2) is 4.79 Å². The Morgan fingerprint density at radius 1 is 1.36 bits per heavy atom. The van der Waals surface area contributed by atoms with Crippen molar-refractivity contribution in [2.24, 2.45) is 0 Å². The molecule has 0 radical (unpaired) electrons. The van der Waals surface area contributed by atoms with Crippen molar-refractivity contribution in [3.05, 3.63) is 0 Å². The first-order valence-corrected chi connectivity index (χ1v) is 5.18. The molecule has 1 fully saturated rings. The normalized spacial score (nSPS) is 18.1. The zero-order valence-electron chi connectivity index (χ0n) is 9.63. The highest BCUT2D eigenvalue weighted by atomic mass is 16.2. The predicted octanol–water partition coefficient (Wildman–Crippen LogP) is 0.742. The van der Waals surface area contributed by atoms with Crippen LogP contribution in [0.2, 0.25) is 0 Å². The fraction of sp³-hybridized carbons (Fsp3) is 0.900. The average Bonchev–Trinajstić information content (AvgIpc) is 2.42. The Hall–Kier alpha value is -0.770. The number of rotatable bonds is 3. The lowest BCUT2D eigenvalue weighted by molar-refractivity contribution is 0.156. The molecule has 0 atom stereocenters.